The van der Waals surface area contributed by atoms with Crippen LogP contribution in [0.3, 0.4) is 0 Å². The summed E-state index contributed by atoms with van der Waals surface area (Å²) >= 11 is 6.81. The maximum Gasteiger partial charge on any atom is 0.337 e. The van der Waals surface area contributed by atoms with Gasteiger partial charge in [0.1, 0.15) is 4.32 Å². The van der Waals surface area contributed by atoms with Crippen molar-refractivity contribution in [2.24, 2.45) is 5.92 Å². The molecule has 0 aromatic heterocycles. The normalized spacial score (nSPS) is 15.0. The molecule has 0 unspecified atom stereocenters. The summed E-state index contributed by atoms with van der Waals surface area (Å²) in [6.45, 7) is 4.21. The number of esters is 1. The first-order valence-corrected chi connectivity index (χ1v) is 9.29. The Bertz CT molecular complexity index is 596. The molecule has 0 spiro atoms. The van der Waals surface area contributed by atoms with Gasteiger partial charge in [-0.25, -0.2) is 4.79 Å². The minimum atomic E-state index is -0.398. The van der Waals surface area contributed by atoms with Crippen LogP contribution >= 0.6 is 24.0 Å². The number of anilines is 1. The molecule has 0 saturated carbocycles. The van der Waals surface area contributed by atoms with Gasteiger partial charge in [-0.3, -0.25) is 4.79 Å². The van der Waals surface area contributed by atoms with Crippen LogP contribution in [0.25, 0.3) is 0 Å². The van der Waals surface area contributed by atoms with Crippen molar-refractivity contribution in [3.63, 3.8) is 0 Å². The van der Waals surface area contributed by atoms with Gasteiger partial charge >= 0.3 is 5.97 Å². The Morgan fingerprint density at radius 1 is 1.29 bits per heavy atom. The number of nitrogens with zero attached hydrogens (tertiary/aromatic N) is 1. The molecule has 1 saturated heterocycles. The van der Waals surface area contributed by atoms with Crippen LogP contribution in [0, 0.1) is 5.92 Å². The van der Waals surface area contributed by atoms with Gasteiger partial charge in [0.15, 0.2) is 0 Å². The van der Waals surface area contributed by atoms with E-state index in [1.165, 1.54) is 18.9 Å². The molecule has 0 radical (unpaired) electrons. The second kappa shape index (κ2) is 9.03. The predicted octanol–water partition coefficient (Wildman–Crippen LogP) is 3.16. The molecule has 24 heavy (non-hydrogen) atoms. The molecule has 1 amide bonds. The molecule has 0 aliphatic carbocycles. The van der Waals surface area contributed by atoms with Crippen LogP contribution in [-0.4, -0.2) is 47.0 Å². The molecule has 2 rings (SSSR count). The fourth-order valence-corrected chi connectivity index (χ4v) is 3.47. The van der Waals surface area contributed by atoms with Crippen LogP contribution in [0.15, 0.2) is 24.3 Å². The van der Waals surface area contributed by atoms with Gasteiger partial charge in [-0.1, -0.05) is 30.9 Å². The lowest BCUT2D eigenvalue weighted by Gasteiger charge is -2.31. The second-order valence-electron chi connectivity index (χ2n) is 5.84. The van der Waals surface area contributed by atoms with E-state index in [1.54, 1.807) is 24.3 Å². The van der Waals surface area contributed by atoms with E-state index in [1.807, 2.05) is 0 Å². The van der Waals surface area contributed by atoms with Crippen LogP contribution in [-0.2, 0) is 9.53 Å². The Hall–Kier alpha value is -1.60. The summed E-state index contributed by atoms with van der Waals surface area (Å²) in [6.07, 6.45) is 2.30. The van der Waals surface area contributed by atoms with Crippen molar-refractivity contribution in [1.29, 1.82) is 0 Å². The number of rotatable bonds is 4. The average molecular weight is 367 g/mol. The summed E-state index contributed by atoms with van der Waals surface area (Å²) in [5, 5.41) is 2.80. The molecular formula is C17H22N2O3S2. The Morgan fingerprint density at radius 2 is 1.92 bits per heavy atom. The van der Waals surface area contributed by atoms with Crippen LogP contribution < -0.4 is 5.32 Å². The highest BCUT2D eigenvalue weighted by Gasteiger charge is 2.18. The standard InChI is InChI=1S/C17H22N2O3S2/c1-12-7-9-19(10-8-12)17(23)24-11-15(20)18-14-5-3-13(4-6-14)16(21)22-2/h3-6,12H,7-11H2,1-2H3,(H,18,20). The highest BCUT2D eigenvalue weighted by atomic mass is 32.2. The van der Waals surface area contributed by atoms with Gasteiger partial charge < -0.3 is 15.0 Å². The number of hydrogen-bond acceptors (Lipinski definition) is 5. The van der Waals surface area contributed by atoms with E-state index in [0.29, 0.717) is 11.3 Å². The summed E-state index contributed by atoms with van der Waals surface area (Å²) < 4.78 is 5.43. The van der Waals surface area contributed by atoms with Gasteiger partial charge in [0.25, 0.3) is 0 Å². The fourth-order valence-electron chi connectivity index (χ4n) is 2.41. The number of hydrogen-bond donors (Lipinski definition) is 1. The molecule has 1 aromatic carbocycles. The number of methoxy groups -OCH3 is 1. The molecule has 1 aliphatic rings. The SMILES string of the molecule is COC(=O)c1ccc(NC(=O)CSC(=S)N2CCC(C)CC2)cc1. The average Bonchev–Trinajstić information content (AvgIpc) is 2.60. The number of carbonyl (C=O) groups is 2. The van der Waals surface area contributed by atoms with E-state index in [2.05, 4.69) is 21.9 Å². The molecule has 0 atom stereocenters. The molecule has 7 heteroatoms. The van der Waals surface area contributed by atoms with Gasteiger partial charge in [-0.15, -0.1) is 0 Å². The molecule has 0 bridgehead atoms. The third-order valence-electron chi connectivity index (χ3n) is 3.96. The lowest BCUT2D eigenvalue weighted by molar-refractivity contribution is -0.113. The van der Waals surface area contributed by atoms with Crippen molar-refractivity contribution in [2.45, 2.75) is 19.8 Å². The van der Waals surface area contributed by atoms with Crippen molar-refractivity contribution < 1.29 is 14.3 Å². The van der Waals surface area contributed by atoms with Crippen molar-refractivity contribution in [2.75, 3.05) is 31.3 Å². The number of nitrogens with one attached hydrogen (secondary N) is 1. The Labute approximate surface area is 152 Å². The van der Waals surface area contributed by atoms with E-state index in [-0.39, 0.29) is 11.7 Å². The zero-order valence-electron chi connectivity index (χ0n) is 13.9. The van der Waals surface area contributed by atoms with E-state index >= 15 is 0 Å². The molecule has 1 aromatic rings. The van der Waals surface area contributed by atoms with Crippen molar-refractivity contribution >= 4 is 45.9 Å². The molecule has 1 heterocycles. The smallest absolute Gasteiger partial charge is 0.337 e. The number of thioether (sulfide) groups is 1. The Morgan fingerprint density at radius 3 is 2.50 bits per heavy atom. The first kappa shape index (κ1) is 18.7. The number of piperidine rings is 1. The van der Waals surface area contributed by atoms with Gasteiger partial charge in [0.2, 0.25) is 5.91 Å². The number of carbonyl (C=O) groups excluding carboxylic acids is 2. The third kappa shape index (κ3) is 5.49. The molecular weight excluding hydrogens is 344 g/mol. The minimum absolute atomic E-state index is 0.112. The number of thiocarbonyl (C=S) groups is 1. The van der Waals surface area contributed by atoms with Crippen LogP contribution in [0.1, 0.15) is 30.1 Å². The summed E-state index contributed by atoms with van der Waals surface area (Å²) in [5.41, 5.74) is 1.09. The highest BCUT2D eigenvalue weighted by molar-refractivity contribution is 8.23. The Balaban J connectivity index is 1.76. The van der Waals surface area contributed by atoms with Crippen LogP contribution in [0.5, 0.6) is 0 Å². The van der Waals surface area contributed by atoms with Crippen LogP contribution in [0.2, 0.25) is 0 Å². The van der Waals surface area contributed by atoms with Crippen molar-refractivity contribution in [3.8, 4) is 0 Å². The van der Waals surface area contributed by atoms with E-state index < -0.39 is 5.97 Å². The lowest BCUT2D eigenvalue weighted by Crippen LogP contribution is -2.36. The van der Waals surface area contributed by atoms with Crippen molar-refractivity contribution in [1.82, 2.24) is 4.90 Å². The summed E-state index contributed by atoms with van der Waals surface area (Å²) in [5.74, 6) is 0.525. The maximum absolute atomic E-state index is 12.0. The topological polar surface area (TPSA) is 58.6 Å². The van der Waals surface area contributed by atoms with E-state index in [4.69, 9.17) is 12.2 Å². The third-order valence-corrected chi connectivity index (χ3v) is 5.48. The van der Waals surface area contributed by atoms with Crippen LogP contribution in [0.4, 0.5) is 5.69 Å². The first-order valence-electron chi connectivity index (χ1n) is 7.89. The molecule has 1 fully saturated rings. The quantitative estimate of drug-likeness (QED) is 0.652. The molecule has 130 valence electrons. The van der Waals surface area contributed by atoms with Gasteiger partial charge in [0, 0.05) is 18.8 Å². The predicted molar refractivity (Wildman–Crippen MR) is 101 cm³/mol. The molecule has 1 aliphatic heterocycles. The lowest BCUT2D eigenvalue weighted by atomic mass is 10.00. The molecule has 5 nitrogen and oxygen atoms in total. The fraction of sp³-hybridized carbons (Fsp3) is 0.471. The highest BCUT2D eigenvalue weighted by Crippen LogP contribution is 2.20. The number of benzene rings is 1. The van der Waals surface area contributed by atoms with Gasteiger partial charge in [0.05, 0.1) is 18.4 Å². The zero-order chi connectivity index (χ0) is 17.5. The van der Waals surface area contributed by atoms with Gasteiger partial charge in [-0.05, 0) is 43.0 Å². The summed E-state index contributed by atoms with van der Waals surface area (Å²) in [6, 6.07) is 6.60. The number of ether oxygens (including phenoxy) is 1. The number of amides is 1. The second-order valence-corrected chi connectivity index (χ2v) is 7.45. The number of likely N-dealkylation sites (tertiary alicyclic amines) is 1. The van der Waals surface area contributed by atoms with E-state index in [0.717, 1.165) is 36.2 Å². The maximum atomic E-state index is 12.0. The largest absolute Gasteiger partial charge is 0.465 e. The van der Waals surface area contributed by atoms with Crippen molar-refractivity contribution in [3.05, 3.63) is 29.8 Å². The molecule has 1 N–H and O–H groups in total. The summed E-state index contributed by atoms with van der Waals surface area (Å²) in [7, 11) is 1.33. The zero-order valence-corrected chi connectivity index (χ0v) is 15.5. The monoisotopic (exact) mass is 366 g/mol. The first-order chi connectivity index (χ1) is 11.5. The minimum Gasteiger partial charge on any atom is -0.465 e. The van der Waals surface area contributed by atoms with Gasteiger partial charge in [-0.2, -0.15) is 0 Å². The summed E-state index contributed by atoms with van der Waals surface area (Å²) in [4.78, 5) is 25.6. The Kier molecular flexibility index (Phi) is 7.05. The van der Waals surface area contributed by atoms with E-state index in [9.17, 15) is 9.59 Å².